The lowest BCUT2D eigenvalue weighted by Gasteiger charge is -2.18. The minimum atomic E-state index is -0.679. The van der Waals surface area contributed by atoms with Crippen LogP contribution in [0.1, 0.15) is 35.3 Å². The molecule has 2 aromatic rings. The van der Waals surface area contributed by atoms with Crippen molar-refractivity contribution >= 4 is 33.4 Å². The van der Waals surface area contributed by atoms with Crippen LogP contribution in [0.15, 0.2) is 40.9 Å². The molecule has 2 amide bonds. The van der Waals surface area contributed by atoms with Gasteiger partial charge in [-0.15, -0.1) is 0 Å². The third-order valence-electron chi connectivity index (χ3n) is 3.82. The molecule has 2 rings (SSSR count). The van der Waals surface area contributed by atoms with Gasteiger partial charge in [-0.3, -0.25) is 9.59 Å². The van der Waals surface area contributed by atoms with Gasteiger partial charge in [-0.05, 0) is 69.2 Å². The Morgan fingerprint density at radius 1 is 1.15 bits per heavy atom. The highest BCUT2D eigenvalue weighted by Gasteiger charge is 2.18. The van der Waals surface area contributed by atoms with E-state index in [0.717, 1.165) is 15.6 Å². The van der Waals surface area contributed by atoms with E-state index in [1.807, 2.05) is 32.9 Å². The van der Waals surface area contributed by atoms with Crippen molar-refractivity contribution in [3.05, 3.63) is 57.6 Å². The van der Waals surface area contributed by atoms with Crippen LogP contribution in [0.5, 0.6) is 5.75 Å². The monoisotopic (exact) mass is 418 g/mol. The number of hydrogen-bond donors (Lipinski definition) is 2. The van der Waals surface area contributed by atoms with Crippen molar-refractivity contribution in [3.8, 4) is 5.75 Å². The quantitative estimate of drug-likeness (QED) is 0.737. The average Bonchev–Trinajstić information content (AvgIpc) is 2.58. The van der Waals surface area contributed by atoms with Gasteiger partial charge in [-0.2, -0.15) is 0 Å². The zero-order chi connectivity index (χ0) is 19.3. The van der Waals surface area contributed by atoms with Crippen molar-refractivity contribution in [1.29, 1.82) is 0 Å². The van der Waals surface area contributed by atoms with Crippen LogP contribution in [-0.2, 0) is 4.79 Å². The first-order valence-corrected chi connectivity index (χ1v) is 9.23. The van der Waals surface area contributed by atoms with Gasteiger partial charge < -0.3 is 15.4 Å². The minimum Gasteiger partial charge on any atom is -0.480 e. The number of benzene rings is 2. The van der Waals surface area contributed by atoms with E-state index in [4.69, 9.17) is 4.74 Å². The van der Waals surface area contributed by atoms with E-state index in [1.54, 1.807) is 31.2 Å². The largest absolute Gasteiger partial charge is 0.480 e. The summed E-state index contributed by atoms with van der Waals surface area (Å²) in [6, 6.07) is 10.7. The van der Waals surface area contributed by atoms with Crippen molar-refractivity contribution in [1.82, 2.24) is 5.32 Å². The molecule has 1 unspecified atom stereocenters. The maximum atomic E-state index is 12.5. The predicted octanol–water partition coefficient (Wildman–Crippen LogP) is 4.22. The van der Waals surface area contributed by atoms with E-state index in [9.17, 15) is 9.59 Å². The number of carbonyl (C=O) groups excluding carboxylic acids is 2. The van der Waals surface area contributed by atoms with Crippen LogP contribution in [0, 0.1) is 13.8 Å². The first-order valence-electron chi connectivity index (χ1n) is 8.44. The molecule has 138 valence electrons. The van der Waals surface area contributed by atoms with Gasteiger partial charge in [0.15, 0.2) is 6.10 Å². The van der Waals surface area contributed by atoms with Gasteiger partial charge in [0.25, 0.3) is 11.8 Å². The van der Waals surface area contributed by atoms with Gasteiger partial charge in [-0.25, -0.2) is 0 Å². The van der Waals surface area contributed by atoms with Crippen molar-refractivity contribution in [2.75, 3.05) is 11.9 Å². The zero-order valence-corrected chi connectivity index (χ0v) is 16.9. The van der Waals surface area contributed by atoms with E-state index in [0.29, 0.717) is 23.5 Å². The predicted molar refractivity (Wildman–Crippen MR) is 107 cm³/mol. The van der Waals surface area contributed by atoms with Crippen LogP contribution in [0.2, 0.25) is 0 Å². The fourth-order valence-electron chi connectivity index (χ4n) is 2.56. The van der Waals surface area contributed by atoms with Crippen LogP contribution in [0.3, 0.4) is 0 Å². The summed E-state index contributed by atoms with van der Waals surface area (Å²) >= 11 is 3.45. The fourth-order valence-corrected chi connectivity index (χ4v) is 3.25. The Balaban J connectivity index is 2.08. The Morgan fingerprint density at radius 3 is 2.42 bits per heavy atom. The lowest BCUT2D eigenvalue weighted by Crippen LogP contribution is -2.30. The van der Waals surface area contributed by atoms with Crippen molar-refractivity contribution in [2.45, 2.75) is 33.8 Å². The summed E-state index contributed by atoms with van der Waals surface area (Å²) < 4.78 is 6.84. The van der Waals surface area contributed by atoms with E-state index >= 15 is 0 Å². The number of halogens is 1. The molecule has 1 atom stereocenters. The third kappa shape index (κ3) is 5.08. The number of amides is 2. The molecule has 0 aromatic heterocycles. The van der Waals surface area contributed by atoms with Gasteiger partial charge in [-0.1, -0.05) is 22.0 Å². The lowest BCUT2D eigenvalue weighted by atomic mass is 10.1. The normalized spacial score (nSPS) is 11.6. The second-order valence-electron chi connectivity index (χ2n) is 6.06. The molecule has 0 bridgehead atoms. The van der Waals surface area contributed by atoms with Gasteiger partial charge in [0.1, 0.15) is 5.75 Å². The Hall–Kier alpha value is -2.34. The molecule has 0 saturated heterocycles. The molecule has 0 heterocycles. The fraction of sp³-hybridized carbons (Fsp3) is 0.300. The second kappa shape index (κ2) is 8.85. The molecule has 2 N–H and O–H groups in total. The molecule has 0 aliphatic rings. The SMILES string of the molecule is CCNC(=O)c1cccc(NC(=O)C(C)Oc2c(C)cc(Br)cc2C)c1. The molecule has 2 aromatic carbocycles. The van der Waals surface area contributed by atoms with Crippen LogP contribution >= 0.6 is 15.9 Å². The molecule has 0 radical (unpaired) electrons. The smallest absolute Gasteiger partial charge is 0.265 e. The molecule has 0 spiro atoms. The van der Waals surface area contributed by atoms with Gasteiger partial charge >= 0.3 is 0 Å². The number of aryl methyl sites for hydroxylation is 2. The van der Waals surface area contributed by atoms with Gasteiger partial charge in [0.05, 0.1) is 0 Å². The molecule has 26 heavy (non-hydrogen) atoms. The molecule has 0 saturated carbocycles. The topological polar surface area (TPSA) is 67.4 Å². The molecule has 0 fully saturated rings. The number of nitrogens with one attached hydrogen (secondary N) is 2. The summed E-state index contributed by atoms with van der Waals surface area (Å²) in [5.74, 6) is 0.251. The number of carbonyl (C=O) groups is 2. The number of hydrogen-bond acceptors (Lipinski definition) is 3. The molecule has 0 aliphatic carbocycles. The summed E-state index contributed by atoms with van der Waals surface area (Å²) in [5.41, 5.74) is 2.96. The second-order valence-corrected chi connectivity index (χ2v) is 6.97. The lowest BCUT2D eigenvalue weighted by molar-refractivity contribution is -0.122. The number of anilines is 1. The zero-order valence-electron chi connectivity index (χ0n) is 15.4. The highest BCUT2D eigenvalue weighted by Crippen LogP contribution is 2.28. The first kappa shape index (κ1) is 20.0. The standard InChI is InChI=1S/C20H23BrN2O3/c1-5-22-20(25)15-7-6-8-17(11-15)23-19(24)14(4)26-18-12(2)9-16(21)10-13(18)3/h6-11,14H,5H2,1-4H3,(H,22,25)(H,23,24). The summed E-state index contributed by atoms with van der Waals surface area (Å²) in [6.07, 6.45) is -0.679. The Bertz CT molecular complexity index is 797. The van der Waals surface area contributed by atoms with Crippen LogP contribution in [-0.4, -0.2) is 24.5 Å². The summed E-state index contributed by atoms with van der Waals surface area (Å²) in [4.78, 5) is 24.4. The van der Waals surface area contributed by atoms with E-state index in [2.05, 4.69) is 26.6 Å². The van der Waals surface area contributed by atoms with Gasteiger partial charge in [0, 0.05) is 22.3 Å². The van der Waals surface area contributed by atoms with Crippen LogP contribution in [0.25, 0.3) is 0 Å². The van der Waals surface area contributed by atoms with E-state index in [-0.39, 0.29) is 11.8 Å². The average molecular weight is 419 g/mol. The Morgan fingerprint density at radius 2 is 1.81 bits per heavy atom. The Kier molecular flexibility index (Phi) is 6.80. The molecular formula is C20H23BrN2O3. The number of ether oxygens (including phenoxy) is 1. The highest BCUT2D eigenvalue weighted by molar-refractivity contribution is 9.10. The number of rotatable bonds is 6. The molecular weight excluding hydrogens is 396 g/mol. The van der Waals surface area contributed by atoms with Crippen LogP contribution < -0.4 is 15.4 Å². The third-order valence-corrected chi connectivity index (χ3v) is 4.28. The molecule has 6 heteroatoms. The van der Waals surface area contributed by atoms with Crippen molar-refractivity contribution < 1.29 is 14.3 Å². The van der Waals surface area contributed by atoms with E-state index in [1.165, 1.54) is 0 Å². The summed E-state index contributed by atoms with van der Waals surface area (Å²) in [6.45, 7) is 7.98. The maximum absolute atomic E-state index is 12.5. The van der Waals surface area contributed by atoms with E-state index < -0.39 is 6.10 Å². The molecule has 0 aliphatic heterocycles. The van der Waals surface area contributed by atoms with Gasteiger partial charge in [0.2, 0.25) is 0 Å². The van der Waals surface area contributed by atoms with Crippen molar-refractivity contribution in [3.63, 3.8) is 0 Å². The minimum absolute atomic E-state index is 0.172. The first-order chi connectivity index (χ1) is 12.3. The highest BCUT2D eigenvalue weighted by atomic mass is 79.9. The molecule has 5 nitrogen and oxygen atoms in total. The summed E-state index contributed by atoms with van der Waals surface area (Å²) in [5, 5.41) is 5.53. The van der Waals surface area contributed by atoms with Crippen LogP contribution in [0.4, 0.5) is 5.69 Å². The summed E-state index contributed by atoms with van der Waals surface area (Å²) in [7, 11) is 0. The Labute approximate surface area is 162 Å². The van der Waals surface area contributed by atoms with Crippen molar-refractivity contribution in [2.24, 2.45) is 0 Å². The maximum Gasteiger partial charge on any atom is 0.265 e.